The van der Waals surface area contributed by atoms with Crippen molar-refractivity contribution in [1.29, 1.82) is 0 Å². The van der Waals surface area contributed by atoms with Crippen LogP contribution in [0, 0.1) is 3.57 Å². The van der Waals surface area contributed by atoms with E-state index in [1.54, 1.807) is 5.57 Å². The minimum Gasteiger partial charge on any atom is -0.0839 e. The molecule has 0 heterocycles. The van der Waals surface area contributed by atoms with Gasteiger partial charge in [0, 0.05) is 8.99 Å². The molecule has 0 fully saturated rings. The largest absolute Gasteiger partial charge is 0.0839 e. The van der Waals surface area contributed by atoms with Crippen molar-refractivity contribution >= 4 is 28.2 Å². The van der Waals surface area contributed by atoms with Gasteiger partial charge in [-0.1, -0.05) is 38.1 Å². The minimum absolute atomic E-state index is 0.197. The van der Waals surface area contributed by atoms with E-state index in [1.165, 1.54) is 33.1 Å². The lowest BCUT2D eigenvalue weighted by molar-refractivity contribution is 0.651. The van der Waals surface area contributed by atoms with Crippen molar-refractivity contribution in [1.82, 2.24) is 0 Å². The Kier molecular flexibility index (Phi) is 2.29. The fraction of sp³-hybridized carbons (Fsp3) is 0.333. The summed E-state index contributed by atoms with van der Waals surface area (Å²) in [6.07, 6.45) is 7.07. The standard InChI is InChI=1S/C15H15I/c1-15(2)11-7-4-3-6-10(11)14-12(15)8-5-9-13(14)16/h4-5,7-9H,3,6H2,1-2H3. The van der Waals surface area contributed by atoms with E-state index in [9.17, 15) is 0 Å². The van der Waals surface area contributed by atoms with Crippen LogP contribution in [0.3, 0.4) is 0 Å². The zero-order valence-corrected chi connectivity index (χ0v) is 11.8. The van der Waals surface area contributed by atoms with E-state index in [-0.39, 0.29) is 5.41 Å². The van der Waals surface area contributed by atoms with Gasteiger partial charge in [-0.05, 0) is 63.8 Å². The van der Waals surface area contributed by atoms with Crippen molar-refractivity contribution < 1.29 is 0 Å². The van der Waals surface area contributed by atoms with Crippen LogP contribution < -0.4 is 0 Å². The highest BCUT2D eigenvalue weighted by Crippen LogP contribution is 2.50. The van der Waals surface area contributed by atoms with Crippen LogP contribution in [0.5, 0.6) is 0 Å². The molecule has 82 valence electrons. The van der Waals surface area contributed by atoms with Crippen molar-refractivity contribution in [2.75, 3.05) is 0 Å². The maximum absolute atomic E-state index is 2.47. The number of halogens is 1. The Labute approximate surface area is 111 Å². The van der Waals surface area contributed by atoms with Gasteiger partial charge < -0.3 is 0 Å². The monoisotopic (exact) mass is 322 g/mol. The average Bonchev–Trinajstić information content (AvgIpc) is 2.51. The molecule has 0 aliphatic heterocycles. The van der Waals surface area contributed by atoms with Gasteiger partial charge in [-0.3, -0.25) is 0 Å². The molecule has 0 unspecified atom stereocenters. The Hall–Kier alpha value is -0.570. The predicted molar refractivity (Wildman–Crippen MR) is 77.5 cm³/mol. The molecular formula is C15H15I. The van der Waals surface area contributed by atoms with Crippen LogP contribution in [-0.4, -0.2) is 0 Å². The Morgan fingerprint density at radius 2 is 2.06 bits per heavy atom. The summed E-state index contributed by atoms with van der Waals surface area (Å²) in [5.74, 6) is 0. The first-order valence-corrected chi connectivity index (χ1v) is 6.90. The molecule has 1 aromatic carbocycles. The normalized spacial score (nSPS) is 20.9. The summed E-state index contributed by atoms with van der Waals surface area (Å²) in [5, 5.41) is 0. The van der Waals surface area contributed by atoms with Gasteiger partial charge in [-0.2, -0.15) is 0 Å². The Morgan fingerprint density at radius 3 is 2.88 bits per heavy atom. The first kappa shape index (κ1) is 10.6. The maximum Gasteiger partial charge on any atom is 0.0208 e. The van der Waals surface area contributed by atoms with Crippen molar-refractivity contribution in [3.63, 3.8) is 0 Å². The summed E-state index contributed by atoms with van der Waals surface area (Å²) < 4.78 is 1.41. The maximum atomic E-state index is 2.47. The van der Waals surface area contributed by atoms with E-state index in [2.05, 4.69) is 66.8 Å². The van der Waals surface area contributed by atoms with Gasteiger partial charge in [0.1, 0.15) is 0 Å². The zero-order chi connectivity index (χ0) is 11.3. The van der Waals surface area contributed by atoms with Crippen molar-refractivity contribution in [2.24, 2.45) is 0 Å². The average molecular weight is 322 g/mol. The molecule has 0 saturated carbocycles. The van der Waals surface area contributed by atoms with E-state index in [1.807, 2.05) is 0 Å². The Morgan fingerprint density at radius 1 is 1.25 bits per heavy atom. The van der Waals surface area contributed by atoms with E-state index < -0.39 is 0 Å². The van der Waals surface area contributed by atoms with Gasteiger partial charge in [0.2, 0.25) is 0 Å². The first-order chi connectivity index (χ1) is 7.62. The van der Waals surface area contributed by atoms with Crippen LogP contribution in [0.15, 0.2) is 35.9 Å². The van der Waals surface area contributed by atoms with Gasteiger partial charge in [0.05, 0.1) is 0 Å². The summed E-state index contributed by atoms with van der Waals surface area (Å²) in [6, 6.07) is 6.71. The summed E-state index contributed by atoms with van der Waals surface area (Å²) in [4.78, 5) is 0. The molecule has 2 aliphatic carbocycles. The lowest BCUT2D eigenvalue weighted by Gasteiger charge is -2.23. The third-order valence-electron chi connectivity index (χ3n) is 3.83. The molecule has 0 amide bonds. The molecule has 0 spiro atoms. The quantitative estimate of drug-likeness (QED) is 0.608. The molecular weight excluding hydrogens is 307 g/mol. The molecule has 16 heavy (non-hydrogen) atoms. The molecule has 0 saturated heterocycles. The van der Waals surface area contributed by atoms with Crippen LogP contribution in [0.2, 0.25) is 0 Å². The van der Waals surface area contributed by atoms with E-state index in [0.29, 0.717) is 0 Å². The summed E-state index contributed by atoms with van der Waals surface area (Å²) >= 11 is 2.47. The van der Waals surface area contributed by atoms with Crippen LogP contribution in [0.1, 0.15) is 37.8 Å². The summed E-state index contributed by atoms with van der Waals surface area (Å²) in [7, 11) is 0. The molecule has 0 radical (unpaired) electrons. The lowest BCUT2D eigenvalue weighted by Crippen LogP contribution is -2.16. The lowest BCUT2D eigenvalue weighted by atomic mass is 9.80. The van der Waals surface area contributed by atoms with Gasteiger partial charge in [0.25, 0.3) is 0 Å². The molecule has 0 bridgehead atoms. The Bertz CT molecular complexity index is 518. The number of benzene rings is 1. The number of fused-ring (bicyclic) bond motifs is 2. The molecule has 0 nitrogen and oxygen atoms in total. The third-order valence-corrected chi connectivity index (χ3v) is 4.73. The highest BCUT2D eigenvalue weighted by Gasteiger charge is 2.37. The van der Waals surface area contributed by atoms with Gasteiger partial charge in [0.15, 0.2) is 0 Å². The fourth-order valence-corrected chi connectivity index (χ4v) is 3.83. The number of rotatable bonds is 0. The molecule has 2 aliphatic rings. The van der Waals surface area contributed by atoms with Crippen molar-refractivity contribution in [2.45, 2.75) is 32.1 Å². The Balaban J connectivity index is 2.34. The second-order valence-electron chi connectivity index (χ2n) is 5.12. The fourth-order valence-electron chi connectivity index (χ4n) is 3.01. The van der Waals surface area contributed by atoms with Crippen LogP contribution in [0.4, 0.5) is 0 Å². The zero-order valence-electron chi connectivity index (χ0n) is 9.68. The number of allylic oxidation sites excluding steroid dienone is 4. The molecule has 1 heteroatoms. The summed E-state index contributed by atoms with van der Waals surface area (Å²) in [6.45, 7) is 4.69. The van der Waals surface area contributed by atoms with Crippen LogP contribution in [0.25, 0.3) is 5.57 Å². The third kappa shape index (κ3) is 1.27. The molecule has 0 aromatic heterocycles. The smallest absolute Gasteiger partial charge is 0.0208 e. The second kappa shape index (κ2) is 3.46. The molecule has 0 atom stereocenters. The van der Waals surface area contributed by atoms with Crippen molar-refractivity contribution in [3.05, 3.63) is 50.6 Å². The van der Waals surface area contributed by atoms with Gasteiger partial charge in [-0.25, -0.2) is 0 Å². The second-order valence-corrected chi connectivity index (χ2v) is 6.28. The van der Waals surface area contributed by atoms with Gasteiger partial charge >= 0.3 is 0 Å². The molecule has 0 N–H and O–H groups in total. The van der Waals surface area contributed by atoms with E-state index >= 15 is 0 Å². The van der Waals surface area contributed by atoms with Crippen LogP contribution >= 0.6 is 22.6 Å². The predicted octanol–water partition coefficient (Wildman–Crippen LogP) is 4.69. The minimum atomic E-state index is 0.197. The molecule has 3 rings (SSSR count). The first-order valence-electron chi connectivity index (χ1n) is 5.82. The highest BCUT2D eigenvalue weighted by molar-refractivity contribution is 14.1. The van der Waals surface area contributed by atoms with Crippen molar-refractivity contribution in [3.8, 4) is 0 Å². The number of hydrogen-bond donors (Lipinski definition) is 0. The number of hydrogen-bond acceptors (Lipinski definition) is 0. The molecule has 1 aromatic rings. The topological polar surface area (TPSA) is 0 Å². The van der Waals surface area contributed by atoms with Crippen LogP contribution in [-0.2, 0) is 5.41 Å². The van der Waals surface area contributed by atoms with E-state index in [4.69, 9.17) is 0 Å². The highest BCUT2D eigenvalue weighted by atomic mass is 127. The SMILES string of the molecule is CC1(C)C2=C(CCC=C2)c2c(I)cccc21. The van der Waals surface area contributed by atoms with Gasteiger partial charge in [-0.15, -0.1) is 0 Å². The summed E-state index contributed by atoms with van der Waals surface area (Å²) in [5.41, 5.74) is 6.36. The van der Waals surface area contributed by atoms with E-state index in [0.717, 1.165) is 0 Å².